The summed E-state index contributed by atoms with van der Waals surface area (Å²) < 4.78 is 32.6. The molecule has 144 valence electrons. The van der Waals surface area contributed by atoms with Gasteiger partial charge in [0.15, 0.2) is 0 Å². The van der Waals surface area contributed by atoms with Crippen LogP contribution in [-0.4, -0.2) is 57.0 Å². The molecule has 1 aliphatic heterocycles. The van der Waals surface area contributed by atoms with Gasteiger partial charge in [-0.15, -0.1) is 0 Å². The third-order valence-electron chi connectivity index (χ3n) is 4.58. The molecular weight excluding hydrogens is 360 g/mol. The predicted molar refractivity (Wildman–Crippen MR) is 108 cm³/mol. The second-order valence-corrected chi connectivity index (χ2v) is 8.36. The van der Waals surface area contributed by atoms with Crippen molar-refractivity contribution in [3.05, 3.63) is 66.2 Å². The molecule has 1 heterocycles. The van der Waals surface area contributed by atoms with Crippen LogP contribution in [0.1, 0.15) is 12.5 Å². The van der Waals surface area contributed by atoms with Gasteiger partial charge in [0, 0.05) is 32.7 Å². The minimum atomic E-state index is -3.45. The second kappa shape index (κ2) is 9.17. The Labute approximate surface area is 161 Å². The van der Waals surface area contributed by atoms with Gasteiger partial charge in [-0.3, -0.25) is 4.90 Å². The van der Waals surface area contributed by atoms with Crippen molar-refractivity contribution in [2.75, 3.05) is 39.3 Å². The lowest BCUT2D eigenvalue weighted by Gasteiger charge is -2.33. The lowest BCUT2D eigenvalue weighted by Crippen LogP contribution is -2.48. The van der Waals surface area contributed by atoms with E-state index < -0.39 is 10.0 Å². The minimum absolute atomic E-state index is 0.323. The van der Waals surface area contributed by atoms with E-state index in [0.29, 0.717) is 30.3 Å². The molecule has 0 saturated carbocycles. The molecule has 0 N–H and O–H groups in total. The normalized spacial score (nSPS) is 16.6. The Kier molecular flexibility index (Phi) is 6.66. The van der Waals surface area contributed by atoms with Crippen molar-refractivity contribution in [1.82, 2.24) is 9.21 Å². The Balaban J connectivity index is 1.54. The van der Waals surface area contributed by atoms with Crippen LogP contribution in [-0.2, 0) is 10.0 Å². The summed E-state index contributed by atoms with van der Waals surface area (Å²) in [6.07, 6.45) is 4.23. The van der Waals surface area contributed by atoms with Crippen molar-refractivity contribution in [3.63, 3.8) is 0 Å². The second-order valence-electron chi connectivity index (χ2n) is 6.42. The molecule has 3 rings (SSSR count). The van der Waals surface area contributed by atoms with Crippen LogP contribution in [0.25, 0.3) is 6.08 Å². The summed E-state index contributed by atoms with van der Waals surface area (Å²) in [4.78, 5) is 2.59. The third kappa shape index (κ3) is 5.19. The molecule has 0 atom stereocenters. The molecule has 1 fully saturated rings. The minimum Gasteiger partial charge on any atom is -0.494 e. The molecule has 2 aromatic rings. The summed E-state index contributed by atoms with van der Waals surface area (Å²) in [5.41, 5.74) is 1.18. The highest BCUT2D eigenvalue weighted by Crippen LogP contribution is 2.21. The van der Waals surface area contributed by atoms with Crippen molar-refractivity contribution < 1.29 is 13.2 Å². The van der Waals surface area contributed by atoms with Gasteiger partial charge in [-0.25, -0.2) is 8.42 Å². The molecule has 1 aliphatic rings. The molecule has 2 aromatic carbocycles. The summed E-state index contributed by atoms with van der Waals surface area (Å²) in [5.74, 6) is 0.687. The maximum Gasteiger partial charge on any atom is 0.243 e. The number of ether oxygens (including phenoxy) is 1. The number of piperazine rings is 1. The van der Waals surface area contributed by atoms with Crippen molar-refractivity contribution in [1.29, 1.82) is 0 Å². The van der Waals surface area contributed by atoms with Crippen LogP contribution in [0.15, 0.2) is 65.6 Å². The van der Waals surface area contributed by atoms with E-state index in [2.05, 4.69) is 29.2 Å². The molecule has 27 heavy (non-hydrogen) atoms. The Morgan fingerprint density at radius 3 is 2.26 bits per heavy atom. The van der Waals surface area contributed by atoms with Crippen LogP contribution in [0, 0.1) is 0 Å². The smallest absolute Gasteiger partial charge is 0.243 e. The van der Waals surface area contributed by atoms with Gasteiger partial charge >= 0.3 is 0 Å². The van der Waals surface area contributed by atoms with Gasteiger partial charge in [0.25, 0.3) is 0 Å². The monoisotopic (exact) mass is 386 g/mol. The van der Waals surface area contributed by atoms with Crippen molar-refractivity contribution in [3.8, 4) is 5.75 Å². The quantitative estimate of drug-likeness (QED) is 0.734. The Morgan fingerprint density at radius 1 is 0.963 bits per heavy atom. The SMILES string of the molecule is CCOc1ccc(S(=O)(=O)N2CCN(C/C=C/c3ccccc3)CC2)cc1. The number of sulfonamides is 1. The summed E-state index contributed by atoms with van der Waals surface area (Å²) in [6.45, 7) is 5.77. The maximum atomic E-state index is 12.8. The average molecular weight is 387 g/mol. The number of hydrogen-bond donors (Lipinski definition) is 0. The molecule has 0 radical (unpaired) electrons. The van der Waals surface area contributed by atoms with E-state index in [9.17, 15) is 8.42 Å². The lowest BCUT2D eigenvalue weighted by atomic mass is 10.2. The molecule has 0 unspecified atom stereocenters. The molecule has 6 heteroatoms. The van der Waals surface area contributed by atoms with Crippen LogP contribution >= 0.6 is 0 Å². The van der Waals surface area contributed by atoms with Crippen molar-refractivity contribution in [2.24, 2.45) is 0 Å². The highest BCUT2D eigenvalue weighted by molar-refractivity contribution is 7.89. The van der Waals surface area contributed by atoms with Gasteiger partial charge in [-0.05, 0) is 36.8 Å². The third-order valence-corrected chi connectivity index (χ3v) is 6.49. The van der Waals surface area contributed by atoms with E-state index in [4.69, 9.17) is 4.74 Å². The van der Waals surface area contributed by atoms with E-state index in [1.54, 1.807) is 28.6 Å². The van der Waals surface area contributed by atoms with Gasteiger partial charge in [0.05, 0.1) is 11.5 Å². The first-order valence-corrected chi connectivity index (χ1v) is 10.7. The average Bonchev–Trinajstić information content (AvgIpc) is 2.70. The van der Waals surface area contributed by atoms with Crippen LogP contribution < -0.4 is 4.74 Å². The highest BCUT2D eigenvalue weighted by atomic mass is 32.2. The summed E-state index contributed by atoms with van der Waals surface area (Å²) in [6, 6.07) is 16.8. The first-order valence-electron chi connectivity index (χ1n) is 9.26. The Bertz CT molecular complexity index is 841. The Morgan fingerprint density at radius 2 is 1.63 bits per heavy atom. The molecule has 1 saturated heterocycles. The first-order chi connectivity index (χ1) is 13.1. The summed E-state index contributed by atoms with van der Waals surface area (Å²) >= 11 is 0. The fourth-order valence-electron chi connectivity index (χ4n) is 3.08. The fraction of sp³-hybridized carbons (Fsp3) is 0.333. The summed E-state index contributed by atoms with van der Waals surface area (Å²) in [7, 11) is -3.45. The largest absolute Gasteiger partial charge is 0.494 e. The molecule has 0 bridgehead atoms. The van der Waals surface area contributed by atoms with Gasteiger partial charge in [-0.1, -0.05) is 42.5 Å². The number of benzene rings is 2. The number of rotatable bonds is 7. The predicted octanol–water partition coefficient (Wildman–Crippen LogP) is 3.11. The van der Waals surface area contributed by atoms with Gasteiger partial charge in [0.1, 0.15) is 5.75 Å². The van der Waals surface area contributed by atoms with Crippen LogP contribution in [0.5, 0.6) is 5.75 Å². The van der Waals surface area contributed by atoms with Crippen LogP contribution in [0.3, 0.4) is 0 Å². The zero-order chi connectivity index (χ0) is 19.1. The lowest BCUT2D eigenvalue weighted by molar-refractivity contribution is 0.204. The maximum absolute atomic E-state index is 12.8. The highest BCUT2D eigenvalue weighted by Gasteiger charge is 2.28. The van der Waals surface area contributed by atoms with Crippen LogP contribution in [0.2, 0.25) is 0 Å². The molecule has 0 aliphatic carbocycles. The van der Waals surface area contributed by atoms with Gasteiger partial charge in [0.2, 0.25) is 10.0 Å². The molecule has 0 spiro atoms. The van der Waals surface area contributed by atoms with Crippen molar-refractivity contribution in [2.45, 2.75) is 11.8 Å². The Hall–Kier alpha value is -2.15. The van der Waals surface area contributed by atoms with Gasteiger partial charge < -0.3 is 4.74 Å². The van der Waals surface area contributed by atoms with Crippen molar-refractivity contribution >= 4 is 16.1 Å². The van der Waals surface area contributed by atoms with Crippen LogP contribution in [0.4, 0.5) is 0 Å². The zero-order valence-electron chi connectivity index (χ0n) is 15.6. The van der Waals surface area contributed by atoms with E-state index in [-0.39, 0.29) is 0 Å². The van der Waals surface area contributed by atoms with E-state index in [1.807, 2.05) is 25.1 Å². The summed E-state index contributed by atoms with van der Waals surface area (Å²) in [5, 5.41) is 0. The van der Waals surface area contributed by atoms with Gasteiger partial charge in [-0.2, -0.15) is 4.31 Å². The molecule has 0 amide bonds. The van der Waals surface area contributed by atoms with E-state index in [1.165, 1.54) is 5.56 Å². The topological polar surface area (TPSA) is 49.9 Å². The number of hydrogen-bond acceptors (Lipinski definition) is 4. The first kappa shape index (κ1) is 19.6. The fourth-order valence-corrected chi connectivity index (χ4v) is 4.50. The van der Waals surface area contributed by atoms with E-state index in [0.717, 1.165) is 19.6 Å². The molecule has 5 nitrogen and oxygen atoms in total. The number of nitrogens with zero attached hydrogens (tertiary/aromatic N) is 2. The zero-order valence-corrected chi connectivity index (χ0v) is 16.4. The molecular formula is C21H26N2O3S. The standard InChI is InChI=1S/C21H26N2O3S/c1-2-26-20-10-12-21(13-11-20)27(24,25)23-17-15-22(16-18-23)14-6-9-19-7-4-3-5-8-19/h3-13H,2,14-18H2,1H3/b9-6+. The molecule has 0 aromatic heterocycles. The van der Waals surface area contributed by atoms with E-state index >= 15 is 0 Å².